The summed E-state index contributed by atoms with van der Waals surface area (Å²) < 4.78 is 1.95. The van der Waals surface area contributed by atoms with Crippen LogP contribution in [0.5, 0.6) is 0 Å². The van der Waals surface area contributed by atoms with Gasteiger partial charge in [0.1, 0.15) is 0 Å². The van der Waals surface area contributed by atoms with Crippen molar-refractivity contribution in [2.75, 3.05) is 10.6 Å². The maximum Gasteiger partial charge on any atom is 0.255 e. The first-order valence-electron chi connectivity index (χ1n) is 12.7. The van der Waals surface area contributed by atoms with Crippen LogP contribution in [0.15, 0.2) is 120 Å². The van der Waals surface area contributed by atoms with Crippen molar-refractivity contribution in [3.8, 4) is 11.4 Å². The van der Waals surface area contributed by atoms with Crippen LogP contribution in [0.25, 0.3) is 17.5 Å². The summed E-state index contributed by atoms with van der Waals surface area (Å²) in [5, 5.41) is 15.3. The Labute approximate surface area is 237 Å². The van der Waals surface area contributed by atoms with Gasteiger partial charge in [-0.2, -0.15) is 0 Å². The van der Waals surface area contributed by atoms with Gasteiger partial charge >= 0.3 is 0 Å². The number of thioether (sulfide) groups is 1. The zero-order chi connectivity index (χ0) is 27.7. The molecule has 0 bridgehead atoms. The summed E-state index contributed by atoms with van der Waals surface area (Å²) in [6.45, 7) is 0. The Morgan fingerprint density at radius 2 is 1.43 bits per heavy atom. The van der Waals surface area contributed by atoms with Crippen LogP contribution < -0.4 is 10.6 Å². The Kier molecular flexibility index (Phi) is 8.48. The highest BCUT2D eigenvalue weighted by atomic mass is 32.2. The zero-order valence-corrected chi connectivity index (χ0v) is 22.6. The second kappa shape index (κ2) is 12.7. The largest absolute Gasteiger partial charge is 0.323 e. The lowest BCUT2D eigenvalue weighted by Gasteiger charge is -2.07. The summed E-state index contributed by atoms with van der Waals surface area (Å²) in [5.41, 5.74) is 5.00. The van der Waals surface area contributed by atoms with E-state index in [9.17, 15) is 9.59 Å². The lowest BCUT2D eigenvalue weighted by Crippen LogP contribution is -2.11. The predicted molar refractivity (Wildman–Crippen MR) is 161 cm³/mol. The predicted octanol–water partition coefficient (Wildman–Crippen LogP) is 6.68. The smallest absolute Gasteiger partial charge is 0.255 e. The minimum absolute atomic E-state index is 0.141. The summed E-state index contributed by atoms with van der Waals surface area (Å²) in [7, 11) is 1.93. The van der Waals surface area contributed by atoms with E-state index in [0.29, 0.717) is 17.0 Å². The monoisotopic (exact) mass is 545 g/mol. The molecule has 1 aromatic heterocycles. The SMILES string of the molecule is Cn1c(SCc2ccc(C(=O)Nc3ccccc3)cc2)nnc1-c1ccc(NC(=O)C=Cc2ccccc2)cc1. The molecule has 0 aliphatic rings. The molecule has 2 amide bonds. The number of carbonyl (C=O) groups excluding carboxylic acids is 2. The number of carbonyl (C=O) groups is 2. The highest BCUT2D eigenvalue weighted by Gasteiger charge is 2.12. The molecule has 0 atom stereocenters. The molecule has 7 nitrogen and oxygen atoms in total. The van der Waals surface area contributed by atoms with E-state index in [-0.39, 0.29) is 11.8 Å². The van der Waals surface area contributed by atoms with Crippen molar-refractivity contribution in [2.24, 2.45) is 7.05 Å². The van der Waals surface area contributed by atoms with Crippen LogP contribution in [0, 0.1) is 0 Å². The van der Waals surface area contributed by atoms with E-state index >= 15 is 0 Å². The third kappa shape index (κ3) is 6.92. The molecule has 0 saturated heterocycles. The molecule has 1 heterocycles. The molecule has 0 aliphatic heterocycles. The minimum atomic E-state index is -0.196. The Morgan fingerprint density at radius 1 is 0.775 bits per heavy atom. The maximum atomic E-state index is 12.5. The van der Waals surface area contributed by atoms with Crippen LogP contribution in [-0.2, 0) is 17.6 Å². The quantitative estimate of drug-likeness (QED) is 0.159. The highest BCUT2D eigenvalue weighted by Crippen LogP contribution is 2.26. The van der Waals surface area contributed by atoms with Gasteiger partial charge in [-0.3, -0.25) is 9.59 Å². The molecule has 0 unspecified atom stereocenters. The molecule has 5 aromatic rings. The first kappa shape index (κ1) is 26.6. The van der Waals surface area contributed by atoms with Crippen LogP contribution in [0.2, 0.25) is 0 Å². The van der Waals surface area contributed by atoms with E-state index in [1.165, 1.54) is 6.08 Å². The number of hydrogen-bond donors (Lipinski definition) is 2. The van der Waals surface area contributed by atoms with Crippen LogP contribution in [0.3, 0.4) is 0 Å². The molecule has 4 aromatic carbocycles. The van der Waals surface area contributed by atoms with Crippen molar-refractivity contribution in [3.05, 3.63) is 132 Å². The average Bonchev–Trinajstić information content (AvgIpc) is 3.36. The Balaban J connectivity index is 1.15. The van der Waals surface area contributed by atoms with Gasteiger partial charge in [-0.1, -0.05) is 72.4 Å². The van der Waals surface area contributed by atoms with Crippen molar-refractivity contribution in [1.82, 2.24) is 14.8 Å². The van der Waals surface area contributed by atoms with E-state index in [1.54, 1.807) is 17.8 Å². The first-order chi connectivity index (χ1) is 19.5. The third-order valence-corrected chi connectivity index (χ3v) is 7.18. The Hall–Kier alpha value is -4.95. The third-order valence-electron chi connectivity index (χ3n) is 6.09. The minimum Gasteiger partial charge on any atom is -0.323 e. The van der Waals surface area contributed by atoms with Gasteiger partial charge in [0.2, 0.25) is 5.91 Å². The van der Waals surface area contributed by atoms with Gasteiger partial charge < -0.3 is 15.2 Å². The van der Waals surface area contributed by atoms with E-state index in [2.05, 4.69) is 20.8 Å². The molecule has 198 valence electrons. The standard InChI is InChI=1S/C32H27N5O2S/c1-37-30(25-17-19-28(20-18-25)33-29(38)21-14-23-8-4-2-5-9-23)35-36-32(37)40-22-24-12-15-26(16-13-24)31(39)34-27-10-6-3-7-11-27/h2-21H,22H2,1H3,(H,33,38)(H,34,39). The van der Waals surface area contributed by atoms with Crippen LogP contribution >= 0.6 is 11.8 Å². The zero-order valence-electron chi connectivity index (χ0n) is 21.8. The van der Waals surface area contributed by atoms with Gasteiger partial charge in [0.15, 0.2) is 11.0 Å². The number of hydrogen-bond acceptors (Lipinski definition) is 5. The van der Waals surface area contributed by atoms with Crippen molar-refractivity contribution in [2.45, 2.75) is 10.9 Å². The fraction of sp³-hybridized carbons (Fsp3) is 0.0625. The average molecular weight is 546 g/mol. The lowest BCUT2D eigenvalue weighted by molar-refractivity contribution is -0.111. The van der Waals surface area contributed by atoms with E-state index in [4.69, 9.17) is 0 Å². The molecular weight excluding hydrogens is 518 g/mol. The number of para-hydroxylation sites is 1. The molecule has 8 heteroatoms. The fourth-order valence-electron chi connectivity index (χ4n) is 3.94. The van der Waals surface area contributed by atoms with E-state index in [0.717, 1.165) is 33.4 Å². The summed E-state index contributed by atoms with van der Waals surface area (Å²) in [4.78, 5) is 24.7. The number of benzene rings is 4. The number of anilines is 2. The number of amides is 2. The van der Waals surface area contributed by atoms with Gasteiger partial charge in [0, 0.05) is 41.4 Å². The molecule has 40 heavy (non-hydrogen) atoms. The molecular formula is C32H27N5O2S. The Morgan fingerprint density at radius 3 is 2.12 bits per heavy atom. The van der Waals surface area contributed by atoms with Gasteiger partial charge in [-0.15, -0.1) is 10.2 Å². The van der Waals surface area contributed by atoms with Crippen LogP contribution in [0.1, 0.15) is 21.5 Å². The van der Waals surface area contributed by atoms with Crippen molar-refractivity contribution < 1.29 is 9.59 Å². The summed E-state index contributed by atoms with van der Waals surface area (Å²) in [6.07, 6.45) is 3.29. The number of nitrogens with one attached hydrogen (secondary N) is 2. The van der Waals surface area contributed by atoms with Gasteiger partial charge in [0.05, 0.1) is 0 Å². The van der Waals surface area contributed by atoms with Crippen molar-refractivity contribution in [3.63, 3.8) is 0 Å². The maximum absolute atomic E-state index is 12.5. The fourth-order valence-corrected chi connectivity index (χ4v) is 4.81. The van der Waals surface area contributed by atoms with E-state index in [1.807, 2.05) is 121 Å². The molecule has 0 saturated carbocycles. The Bertz CT molecular complexity index is 1610. The van der Waals surface area contributed by atoms with Crippen molar-refractivity contribution >= 4 is 41.0 Å². The summed E-state index contributed by atoms with van der Waals surface area (Å²) in [5.74, 6) is 1.09. The first-order valence-corrected chi connectivity index (χ1v) is 13.7. The highest BCUT2D eigenvalue weighted by molar-refractivity contribution is 7.98. The molecule has 2 N–H and O–H groups in total. The van der Waals surface area contributed by atoms with Crippen LogP contribution in [0.4, 0.5) is 11.4 Å². The molecule has 0 fully saturated rings. The topological polar surface area (TPSA) is 88.9 Å². The molecule has 0 radical (unpaired) electrons. The number of nitrogens with zero attached hydrogens (tertiary/aromatic N) is 3. The number of rotatable bonds is 9. The van der Waals surface area contributed by atoms with Gasteiger partial charge in [-0.25, -0.2) is 0 Å². The normalized spacial score (nSPS) is 10.9. The van der Waals surface area contributed by atoms with Crippen LogP contribution in [-0.4, -0.2) is 26.6 Å². The van der Waals surface area contributed by atoms with E-state index < -0.39 is 0 Å². The van der Waals surface area contributed by atoms with Crippen molar-refractivity contribution in [1.29, 1.82) is 0 Å². The van der Waals surface area contributed by atoms with Gasteiger partial charge in [0.25, 0.3) is 5.91 Å². The summed E-state index contributed by atoms with van der Waals surface area (Å²) >= 11 is 1.57. The number of aromatic nitrogens is 3. The molecule has 5 rings (SSSR count). The second-order valence-corrected chi connectivity index (χ2v) is 9.92. The molecule has 0 aliphatic carbocycles. The van der Waals surface area contributed by atoms with Gasteiger partial charge in [-0.05, 0) is 65.7 Å². The molecule has 0 spiro atoms. The second-order valence-electron chi connectivity index (χ2n) is 8.98. The summed E-state index contributed by atoms with van der Waals surface area (Å²) in [6, 6.07) is 34.1. The lowest BCUT2D eigenvalue weighted by atomic mass is 10.1.